The lowest BCUT2D eigenvalue weighted by Crippen LogP contribution is -2.38. The number of fused-ring (bicyclic) bond motifs is 2. The van der Waals surface area contributed by atoms with E-state index in [2.05, 4.69) is 52.0 Å². The zero-order chi connectivity index (χ0) is 19.9. The topological polar surface area (TPSA) is 61.8 Å². The number of ether oxygens (including phenoxy) is 1. The summed E-state index contributed by atoms with van der Waals surface area (Å²) >= 11 is 0. The summed E-state index contributed by atoms with van der Waals surface area (Å²) in [6, 6.07) is 11.8. The van der Waals surface area contributed by atoms with Crippen LogP contribution in [-0.2, 0) is 24.4 Å². The molecule has 2 aromatic rings. The zero-order valence-corrected chi connectivity index (χ0v) is 17.0. The molecule has 7 nitrogen and oxygen atoms in total. The second-order valence-corrected chi connectivity index (χ2v) is 7.38. The van der Waals surface area contributed by atoms with Gasteiger partial charge in [0.15, 0.2) is 0 Å². The smallest absolute Gasteiger partial charge is 0.356 e. The molecule has 1 aliphatic heterocycles. The Hall–Kier alpha value is -2.35. The molecule has 0 aliphatic carbocycles. The van der Waals surface area contributed by atoms with Crippen molar-refractivity contribution in [2.24, 2.45) is 0 Å². The van der Waals surface area contributed by atoms with Crippen LogP contribution in [0.3, 0.4) is 0 Å². The Balaban J connectivity index is 1.71. The van der Waals surface area contributed by atoms with E-state index in [0.29, 0.717) is 12.2 Å². The molecule has 1 aliphatic rings. The largest absolute Gasteiger partial charge is 0.464 e. The van der Waals surface area contributed by atoms with Crippen molar-refractivity contribution in [3.05, 3.63) is 59.2 Å². The lowest BCUT2D eigenvalue weighted by atomic mass is 10.2. The summed E-state index contributed by atoms with van der Waals surface area (Å²) < 4.78 is 4.79. The minimum Gasteiger partial charge on any atom is -0.464 e. The maximum Gasteiger partial charge on any atom is 0.356 e. The number of carbonyl (C=O) groups is 1. The van der Waals surface area contributed by atoms with E-state index in [-0.39, 0.29) is 0 Å². The second kappa shape index (κ2) is 9.73. The number of hydrogen-bond donors (Lipinski definition) is 0. The Kier molecular flexibility index (Phi) is 7.08. The van der Waals surface area contributed by atoms with E-state index in [9.17, 15) is 4.79 Å². The SMILES string of the molecule is COC(=O)c1cccc(CN2CCN(C)Cc3cccc(n3)CN(C)CC2)n1. The van der Waals surface area contributed by atoms with Crippen LogP contribution in [0.25, 0.3) is 0 Å². The standard InChI is InChI=1S/C21H29N5O2/c1-24-10-12-26(16-19-8-5-9-20(23-19)21(27)28-3)13-11-25(2)15-18-7-4-6-17(14-24)22-18/h4-9H,10-16H2,1-3H3. The van der Waals surface area contributed by atoms with Gasteiger partial charge in [-0.1, -0.05) is 12.1 Å². The number of pyridine rings is 2. The molecule has 150 valence electrons. The lowest BCUT2D eigenvalue weighted by molar-refractivity contribution is 0.0593. The minimum atomic E-state index is -0.399. The van der Waals surface area contributed by atoms with Crippen LogP contribution >= 0.6 is 0 Å². The second-order valence-electron chi connectivity index (χ2n) is 7.38. The summed E-state index contributed by atoms with van der Waals surface area (Å²) in [4.78, 5) is 28.0. The Labute approximate surface area is 166 Å². The van der Waals surface area contributed by atoms with Gasteiger partial charge in [0.25, 0.3) is 0 Å². The molecule has 2 aromatic heterocycles. The van der Waals surface area contributed by atoms with Crippen molar-refractivity contribution in [1.82, 2.24) is 24.7 Å². The molecule has 0 atom stereocenters. The van der Waals surface area contributed by atoms with Crippen molar-refractivity contribution < 1.29 is 9.53 Å². The van der Waals surface area contributed by atoms with E-state index in [1.807, 2.05) is 12.1 Å². The van der Waals surface area contributed by atoms with Crippen LogP contribution in [0.2, 0.25) is 0 Å². The average molecular weight is 383 g/mol. The number of carbonyl (C=O) groups excluding carboxylic acids is 1. The van der Waals surface area contributed by atoms with Gasteiger partial charge in [0.05, 0.1) is 24.2 Å². The highest BCUT2D eigenvalue weighted by molar-refractivity contribution is 5.87. The predicted molar refractivity (Wildman–Crippen MR) is 108 cm³/mol. The predicted octanol–water partition coefficient (Wildman–Crippen LogP) is 1.64. The molecule has 3 rings (SSSR count). The maximum absolute atomic E-state index is 11.8. The van der Waals surface area contributed by atoms with Crippen LogP contribution in [0.4, 0.5) is 0 Å². The van der Waals surface area contributed by atoms with E-state index >= 15 is 0 Å². The molecule has 7 heteroatoms. The molecular weight excluding hydrogens is 354 g/mol. The third kappa shape index (κ3) is 5.82. The summed E-state index contributed by atoms with van der Waals surface area (Å²) in [5.74, 6) is -0.399. The van der Waals surface area contributed by atoms with Crippen molar-refractivity contribution in [2.75, 3.05) is 47.4 Å². The molecule has 0 amide bonds. The van der Waals surface area contributed by atoms with Crippen molar-refractivity contribution in [3.63, 3.8) is 0 Å². The van der Waals surface area contributed by atoms with Crippen molar-refractivity contribution in [3.8, 4) is 0 Å². The van der Waals surface area contributed by atoms with Gasteiger partial charge in [0.2, 0.25) is 0 Å². The van der Waals surface area contributed by atoms with Gasteiger partial charge in [0, 0.05) is 45.8 Å². The molecule has 3 heterocycles. The van der Waals surface area contributed by atoms with Crippen LogP contribution in [0.15, 0.2) is 36.4 Å². The Morgan fingerprint density at radius 3 is 2.14 bits per heavy atom. The van der Waals surface area contributed by atoms with E-state index < -0.39 is 5.97 Å². The Morgan fingerprint density at radius 1 is 0.929 bits per heavy atom. The van der Waals surface area contributed by atoms with Crippen molar-refractivity contribution in [1.29, 1.82) is 0 Å². The third-order valence-corrected chi connectivity index (χ3v) is 4.91. The van der Waals surface area contributed by atoms with Crippen LogP contribution in [0.1, 0.15) is 27.6 Å². The molecule has 2 bridgehead atoms. The first-order valence-electron chi connectivity index (χ1n) is 9.62. The third-order valence-electron chi connectivity index (χ3n) is 4.91. The monoisotopic (exact) mass is 383 g/mol. The van der Waals surface area contributed by atoms with E-state index in [4.69, 9.17) is 9.72 Å². The van der Waals surface area contributed by atoms with Gasteiger partial charge in [-0.25, -0.2) is 9.78 Å². The van der Waals surface area contributed by atoms with Crippen LogP contribution in [0, 0.1) is 0 Å². The summed E-state index contributed by atoms with van der Waals surface area (Å²) in [6.45, 7) is 6.10. The van der Waals surface area contributed by atoms with Gasteiger partial charge in [-0.15, -0.1) is 0 Å². The zero-order valence-electron chi connectivity index (χ0n) is 17.0. The van der Waals surface area contributed by atoms with Crippen LogP contribution in [0.5, 0.6) is 0 Å². The summed E-state index contributed by atoms with van der Waals surface area (Å²) in [5.41, 5.74) is 3.45. The van der Waals surface area contributed by atoms with Gasteiger partial charge in [0.1, 0.15) is 5.69 Å². The van der Waals surface area contributed by atoms with Gasteiger partial charge in [-0.3, -0.25) is 19.7 Å². The first kappa shape index (κ1) is 20.4. The lowest BCUT2D eigenvalue weighted by Gasteiger charge is -2.28. The van der Waals surface area contributed by atoms with Gasteiger partial charge < -0.3 is 4.74 Å². The number of methoxy groups -OCH3 is 1. The quantitative estimate of drug-likeness (QED) is 0.747. The number of nitrogens with zero attached hydrogens (tertiary/aromatic N) is 5. The number of rotatable bonds is 3. The maximum atomic E-state index is 11.8. The normalized spacial score (nSPS) is 17.5. The Bertz CT molecular complexity index is 767. The number of aromatic nitrogens is 2. The highest BCUT2D eigenvalue weighted by atomic mass is 16.5. The van der Waals surface area contributed by atoms with Gasteiger partial charge >= 0.3 is 5.97 Å². The summed E-state index contributed by atoms with van der Waals surface area (Å²) in [5, 5.41) is 0. The van der Waals surface area contributed by atoms with Gasteiger partial charge in [-0.05, 0) is 38.4 Å². The highest BCUT2D eigenvalue weighted by Gasteiger charge is 2.14. The number of esters is 1. The van der Waals surface area contributed by atoms with Crippen molar-refractivity contribution >= 4 is 5.97 Å². The summed E-state index contributed by atoms with van der Waals surface area (Å²) in [6.07, 6.45) is 0. The number of likely N-dealkylation sites (N-methyl/N-ethyl adjacent to an activating group) is 2. The molecule has 0 saturated carbocycles. The molecule has 0 N–H and O–H groups in total. The minimum absolute atomic E-state index is 0.355. The van der Waals surface area contributed by atoms with E-state index in [1.54, 1.807) is 6.07 Å². The molecule has 0 unspecified atom stereocenters. The van der Waals surface area contributed by atoms with Crippen LogP contribution in [-0.4, -0.2) is 78.0 Å². The Morgan fingerprint density at radius 2 is 1.54 bits per heavy atom. The van der Waals surface area contributed by atoms with Crippen molar-refractivity contribution in [2.45, 2.75) is 19.6 Å². The van der Waals surface area contributed by atoms with Crippen LogP contribution < -0.4 is 0 Å². The fourth-order valence-corrected chi connectivity index (χ4v) is 3.33. The van der Waals surface area contributed by atoms with E-state index in [0.717, 1.165) is 56.4 Å². The molecule has 0 radical (unpaired) electrons. The molecule has 0 saturated heterocycles. The number of hydrogen-bond acceptors (Lipinski definition) is 7. The first-order chi connectivity index (χ1) is 13.5. The molecule has 28 heavy (non-hydrogen) atoms. The molecule has 0 aromatic carbocycles. The molecule has 0 spiro atoms. The molecule has 0 fully saturated rings. The fraction of sp³-hybridized carbons (Fsp3) is 0.476. The average Bonchev–Trinajstić information content (AvgIpc) is 2.69. The molecular formula is C21H29N5O2. The fourth-order valence-electron chi connectivity index (χ4n) is 3.33. The van der Waals surface area contributed by atoms with E-state index in [1.165, 1.54) is 7.11 Å². The first-order valence-corrected chi connectivity index (χ1v) is 9.62. The van der Waals surface area contributed by atoms with Gasteiger partial charge in [-0.2, -0.15) is 0 Å². The summed E-state index contributed by atoms with van der Waals surface area (Å²) in [7, 11) is 5.63. The highest BCUT2D eigenvalue weighted by Crippen LogP contribution is 2.09.